The minimum atomic E-state index is 0.666. The molecular formula is C9H11N5O. The third-order valence-electron chi connectivity index (χ3n) is 2.43. The van der Waals surface area contributed by atoms with Gasteiger partial charge < -0.3 is 14.6 Å². The molecule has 1 N–H and O–H groups in total. The van der Waals surface area contributed by atoms with Crippen LogP contribution in [0.25, 0.3) is 11.3 Å². The standard InChI is InChI=1S/C9H11N5O/c1-2-11-8-7(10-1)12-9(13-8)14-3-5-15-6-4-14/h1-2H,3-6H2,(H,10,11,12,13). The van der Waals surface area contributed by atoms with Gasteiger partial charge in [-0.25, -0.2) is 9.97 Å². The van der Waals surface area contributed by atoms with Gasteiger partial charge in [0.15, 0.2) is 11.3 Å². The van der Waals surface area contributed by atoms with Crippen LogP contribution in [0.3, 0.4) is 0 Å². The van der Waals surface area contributed by atoms with Crippen molar-refractivity contribution in [1.82, 2.24) is 19.9 Å². The van der Waals surface area contributed by atoms with Crippen molar-refractivity contribution in [1.29, 1.82) is 0 Å². The zero-order chi connectivity index (χ0) is 10.1. The van der Waals surface area contributed by atoms with Crippen LogP contribution in [-0.2, 0) is 4.74 Å². The molecule has 0 unspecified atom stereocenters. The minimum absolute atomic E-state index is 0.666. The molecule has 0 amide bonds. The summed E-state index contributed by atoms with van der Waals surface area (Å²) in [5, 5.41) is 0. The van der Waals surface area contributed by atoms with Gasteiger partial charge >= 0.3 is 0 Å². The Labute approximate surface area is 86.3 Å². The molecule has 6 nitrogen and oxygen atoms in total. The van der Waals surface area contributed by atoms with Crippen LogP contribution in [0.1, 0.15) is 0 Å². The van der Waals surface area contributed by atoms with Crippen molar-refractivity contribution in [3.63, 3.8) is 0 Å². The Kier molecular flexibility index (Phi) is 1.99. The molecule has 2 aromatic rings. The first-order chi connectivity index (χ1) is 7.43. The van der Waals surface area contributed by atoms with Crippen molar-refractivity contribution in [3.05, 3.63) is 12.4 Å². The lowest BCUT2D eigenvalue weighted by atomic mass is 10.4. The molecule has 1 aliphatic rings. The molecule has 3 rings (SSSR count). The van der Waals surface area contributed by atoms with Crippen molar-refractivity contribution in [2.45, 2.75) is 0 Å². The van der Waals surface area contributed by atoms with Gasteiger partial charge in [0.1, 0.15) is 0 Å². The molecule has 0 aliphatic carbocycles. The summed E-state index contributed by atoms with van der Waals surface area (Å²) in [6.07, 6.45) is 3.30. The van der Waals surface area contributed by atoms with Crippen LogP contribution in [0.5, 0.6) is 0 Å². The van der Waals surface area contributed by atoms with Crippen molar-refractivity contribution in [3.8, 4) is 0 Å². The number of hydrogen-bond acceptors (Lipinski definition) is 5. The highest BCUT2D eigenvalue weighted by Gasteiger charge is 2.15. The van der Waals surface area contributed by atoms with Crippen LogP contribution in [-0.4, -0.2) is 46.2 Å². The van der Waals surface area contributed by atoms with Gasteiger partial charge in [-0.1, -0.05) is 0 Å². The molecule has 3 heterocycles. The van der Waals surface area contributed by atoms with Gasteiger partial charge in [0.25, 0.3) is 0 Å². The number of rotatable bonds is 1. The van der Waals surface area contributed by atoms with E-state index in [4.69, 9.17) is 4.74 Å². The van der Waals surface area contributed by atoms with E-state index in [0.29, 0.717) is 5.65 Å². The van der Waals surface area contributed by atoms with E-state index in [1.807, 2.05) is 0 Å². The SMILES string of the molecule is c1cnc2[nH]c(N3CCOCC3)nc2n1. The Morgan fingerprint density at radius 1 is 1.20 bits per heavy atom. The molecule has 0 saturated carbocycles. The maximum atomic E-state index is 5.28. The van der Waals surface area contributed by atoms with E-state index in [1.54, 1.807) is 12.4 Å². The summed E-state index contributed by atoms with van der Waals surface area (Å²) in [4.78, 5) is 18.0. The second-order valence-corrected chi connectivity index (χ2v) is 3.39. The number of imidazole rings is 1. The predicted octanol–water partition coefficient (Wildman–Crippen LogP) is 0.189. The first-order valence-corrected chi connectivity index (χ1v) is 4.93. The summed E-state index contributed by atoms with van der Waals surface area (Å²) >= 11 is 0. The van der Waals surface area contributed by atoms with Crippen LogP contribution in [0.4, 0.5) is 5.95 Å². The maximum Gasteiger partial charge on any atom is 0.206 e. The third kappa shape index (κ3) is 1.52. The van der Waals surface area contributed by atoms with Gasteiger partial charge in [-0.15, -0.1) is 0 Å². The summed E-state index contributed by atoms with van der Waals surface area (Å²) in [6, 6.07) is 0. The highest BCUT2D eigenvalue weighted by atomic mass is 16.5. The van der Waals surface area contributed by atoms with Crippen molar-refractivity contribution >= 4 is 17.2 Å². The van der Waals surface area contributed by atoms with E-state index < -0.39 is 0 Å². The Hall–Kier alpha value is -1.69. The lowest BCUT2D eigenvalue weighted by Crippen LogP contribution is -2.36. The topological polar surface area (TPSA) is 66.9 Å². The molecule has 1 aliphatic heterocycles. The lowest BCUT2D eigenvalue weighted by molar-refractivity contribution is 0.122. The number of aromatic nitrogens is 4. The van der Waals surface area contributed by atoms with Crippen LogP contribution in [0.15, 0.2) is 12.4 Å². The number of fused-ring (bicyclic) bond motifs is 1. The van der Waals surface area contributed by atoms with Gasteiger partial charge in [0.05, 0.1) is 13.2 Å². The predicted molar refractivity (Wildman–Crippen MR) is 54.7 cm³/mol. The summed E-state index contributed by atoms with van der Waals surface area (Å²) in [7, 11) is 0. The lowest BCUT2D eigenvalue weighted by Gasteiger charge is -2.25. The number of ether oxygens (including phenoxy) is 1. The summed E-state index contributed by atoms with van der Waals surface area (Å²) in [5.41, 5.74) is 1.40. The average Bonchev–Trinajstić information content (AvgIpc) is 2.74. The van der Waals surface area contributed by atoms with Crippen molar-refractivity contribution in [2.24, 2.45) is 0 Å². The molecule has 0 radical (unpaired) electrons. The highest BCUT2D eigenvalue weighted by molar-refractivity contribution is 5.68. The number of nitrogens with one attached hydrogen (secondary N) is 1. The number of hydrogen-bond donors (Lipinski definition) is 1. The second-order valence-electron chi connectivity index (χ2n) is 3.39. The number of nitrogens with zero attached hydrogens (tertiary/aromatic N) is 4. The highest BCUT2D eigenvalue weighted by Crippen LogP contribution is 2.14. The first kappa shape index (κ1) is 8.60. The fourth-order valence-electron chi connectivity index (χ4n) is 1.66. The van der Waals surface area contributed by atoms with Crippen LogP contribution < -0.4 is 4.90 Å². The van der Waals surface area contributed by atoms with E-state index in [-0.39, 0.29) is 0 Å². The van der Waals surface area contributed by atoms with Gasteiger partial charge in [-0.2, -0.15) is 4.98 Å². The van der Waals surface area contributed by atoms with E-state index in [0.717, 1.165) is 37.9 Å². The number of H-pyrrole nitrogens is 1. The summed E-state index contributed by atoms with van der Waals surface area (Å²) in [5.74, 6) is 0.833. The van der Waals surface area contributed by atoms with Crippen LogP contribution in [0.2, 0.25) is 0 Å². The molecule has 0 spiro atoms. The quantitative estimate of drug-likeness (QED) is 0.719. The largest absolute Gasteiger partial charge is 0.378 e. The minimum Gasteiger partial charge on any atom is -0.378 e. The molecular weight excluding hydrogens is 194 g/mol. The Bertz CT molecular complexity index is 429. The van der Waals surface area contributed by atoms with E-state index in [2.05, 4.69) is 24.8 Å². The van der Waals surface area contributed by atoms with Gasteiger partial charge in [0.2, 0.25) is 5.95 Å². The maximum absolute atomic E-state index is 5.28. The molecule has 1 fully saturated rings. The number of aromatic amines is 1. The zero-order valence-corrected chi connectivity index (χ0v) is 8.18. The van der Waals surface area contributed by atoms with Gasteiger partial charge in [0, 0.05) is 25.5 Å². The fraction of sp³-hybridized carbons (Fsp3) is 0.444. The van der Waals surface area contributed by atoms with Crippen molar-refractivity contribution in [2.75, 3.05) is 31.2 Å². The Balaban J connectivity index is 1.96. The van der Waals surface area contributed by atoms with Gasteiger partial charge in [-0.3, -0.25) is 0 Å². The normalized spacial score (nSPS) is 17.2. The molecule has 1 saturated heterocycles. The molecule has 0 bridgehead atoms. The Morgan fingerprint density at radius 2 is 2.00 bits per heavy atom. The Morgan fingerprint density at radius 3 is 2.80 bits per heavy atom. The van der Waals surface area contributed by atoms with E-state index >= 15 is 0 Å². The molecule has 0 aromatic carbocycles. The summed E-state index contributed by atoms with van der Waals surface area (Å²) < 4.78 is 5.28. The zero-order valence-electron chi connectivity index (χ0n) is 8.18. The molecule has 2 aromatic heterocycles. The molecule has 15 heavy (non-hydrogen) atoms. The smallest absolute Gasteiger partial charge is 0.206 e. The first-order valence-electron chi connectivity index (χ1n) is 4.93. The third-order valence-corrected chi connectivity index (χ3v) is 2.43. The molecule has 78 valence electrons. The monoisotopic (exact) mass is 205 g/mol. The number of anilines is 1. The molecule has 6 heteroatoms. The molecule has 0 atom stereocenters. The van der Waals surface area contributed by atoms with E-state index in [1.165, 1.54) is 0 Å². The average molecular weight is 205 g/mol. The van der Waals surface area contributed by atoms with Crippen LogP contribution >= 0.6 is 0 Å². The number of morpholine rings is 1. The van der Waals surface area contributed by atoms with E-state index in [9.17, 15) is 0 Å². The fourth-order valence-corrected chi connectivity index (χ4v) is 1.66. The van der Waals surface area contributed by atoms with Gasteiger partial charge in [-0.05, 0) is 0 Å². The van der Waals surface area contributed by atoms with Crippen LogP contribution in [0, 0.1) is 0 Å². The van der Waals surface area contributed by atoms with Crippen molar-refractivity contribution < 1.29 is 4.74 Å². The summed E-state index contributed by atoms with van der Waals surface area (Å²) in [6.45, 7) is 3.22. The second kappa shape index (κ2) is 3.47.